The second-order valence-corrected chi connectivity index (χ2v) is 6.46. The number of nitrogens with one attached hydrogen (secondary N) is 1. The quantitative estimate of drug-likeness (QED) is 0.439. The molecule has 0 bridgehead atoms. The lowest BCUT2D eigenvalue weighted by molar-refractivity contribution is -0.153. The minimum absolute atomic E-state index is 0.0357. The van der Waals surface area contributed by atoms with Crippen molar-refractivity contribution in [3.8, 4) is 11.3 Å². The van der Waals surface area contributed by atoms with E-state index in [1.165, 1.54) is 13.0 Å². The number of rotatable bonds is 7. The number of aryl methyl sites for hydroxylation is 1. The highest BCUT2D eigenvalue weighted by molar-refractivity contribution is 5.95. The standard InChI is InChI=1S/C21H16F4N2O4/c1-11(21(29)27-16-9-12(22)5-6-13(16)23)30-19(28)8-7-18-26-10-17(31-18)20-14(24)3-2-4-15(20)25/h2-6,9-11H,7-8H2,1H3,(H,27,29)/t11-/m1/s1. The normalized spacial score (nSPS) is 11.8. The zero-order valence-electron chi connectivity index (χ0n) is 16.1. The maximum absolute atomic E-state index is 13.8. The number of anilines is 1. The Balaban J connectivity index is 1.54. The summed E-state index contributed by atoms with van der Waals surface area (Å²) in [6.45, 7) is 1.26. The molecule has 0 fully saturated rings. The SMILES string of the molecule is C[C@@H](OC(=O)CCc1ncc(-c2c(F)cccc2F)o1)C(=O)Nc1cc(F)ccc1F. The van der Waals surface area contributed by atoms with E-state index in [9.17, 15) is 27.2 Å². The number of aromatic nitrogens is 1. The molecule has 2 aromatic carbocycles. The van der Waals surface area contributed by atoms with Crippen LogP contribution >= 0.6 is 0 Å². The van der Waals surface area contributed by atoms with Gasteiger partial charge in [-0.25, -0.2) is 22.5 Å². The van der Waals surface area contributed by atoms with Gasteiger partial charge in [0, 0.05) is 12.5 Å². The van der Waals surface area contributed by atoms with Gasteiger partial charge in [0.25, 0.3) is 5.91 Å². The Morgan fingerprint density at radius 1 is 1.10 bits per heavy atom. The third-order valence-electron chi connectivity index (χ3n) is 4.17. The first-order chi connectivity index (χ1) is 14.7. The van der Waals surface area contributed by atoms with Crippen molar-refractivity contribution >= 4 is 17.6 Å². The van der Waals surface area contributed by atoms with Crippen molar-refractivity contribution in [3.63, 3.8) is 0 Å². The summed E-state index contributed by atoms with van der Waals surface area (Å²) >= 11 is 0. The molecule has 0 unspecified atom stereocenters. The Kier molecular flexibility index (Phi) is 6.68. The number of carbonyl (C=O) groups excluding carboxylic acids is 2. The van der Waals surface area contributed by atoms with Gasteiger partial charge in [-0.1, -0.05) is 6.07 Å². The molecule has 6 nitrogen and oxygen atoms in total. The van der Waals surface area contributed by atoms with Crippen LogP contribution in [0.1, 0.15) is 19.2 Å². The van der Waals surface area contributed by atoms with E-state index < -0.39 is 41.2 Å². The third kappa shape index (κ3) is 5.47. The number of ether oxygens (including phenoxy) is 1. The van der Waals surface area contributed by atoms with Crippen LogP contribution in [0.5, 0.6) is 0 Å². The zero-order chi connectivity index (χ0) is 22.5. The number of benzene rings is 2. The van der Waals surface area contributed by atoms with Gasteiger partial charge in [-0.2, -0.15) is 0 Å². The molecule has 0 spiro atoms. The lowest BCUT2D eigenvalue weighted by atomic mass is 10.1. The molecular formula is C21H16F4N2O4. The van der Waals surface area contributed by atoms with Crippen molar-refractivity contribution in [3.05, 3.63) is 71.8 Å². The molecule has 0 aliphatic rings. The Morgan fingerprint density at radius 2 is 1.81 bits per heavy atom. The first-order valence-corrected chi connectivity index (χ1v) is 9.09. The van der Waals surface area contributed by atoms with Crippen LogP contribution in [0, 0.1) is 23.3 Å². The molecule has 1 amide bonds. The molecule has 0 saturated carbocycles. The summed E-state index contributed by atoms with van der Waals surface area (Å²) in [6, 6.07) is 5.88. The van der Waals surface area contributed by atoms with Gasteiger partial charge in [0.15, 0.2) is 17.8 Å². The van der Waals surface area contributed by atoms with E-state index in [2.05, 4.69) is 10.3 Å². The molecule has 3 rings (SSSR count). The van der Waals surface area contributed by atoms with Crippen molar-refractivity contribution in [1.82, 2.24) is 4.98 Å². The fourth-order valence-corrected chi connectivity index (χ4v) is 2.62. The molecule has 0 radical (unpaired) electrons. The number of hydrogen-bond acceptors (Lipinski definition) is 5. The van der Waals surface area contributed by atoms with Crippen LogP contribution in [-0.2, 0) is 20.7 Å². The monoisotopic (exact) mass is 436 g/mol. The molecule has 31 heavy (non-hydrogen) atoms. The Morgan fingerprint density at radius 3 is 2.52 bits per heavy atom. The molecule has 0 aliphatic carbocycles. The van der Waals surface area contributed by atoms with Crippen LogP contribution in [0.25, 0.3) is 11.3 Å². The minimum Gasteiger partial charge on any atom is -0.453 e. The van der Waals surface area contributed by atoms with E-state index in [-0.39, 0.29) is 35.7 Å². The first kappa shape index (κ1) is 22.0. The van der Waals surface area contributed by atoms with Crippen LogP contribution < -0.4 is 5.32 Å². The zero-order valence-corrected chi connectivity index (χ0v) is 16.1. The lowest BCUT2D eigenvalue weighted by Gasteiger charge is -2.13. The van der Waals surface area contributed by atoms with Gasteiger partial charge in [-0.05, 0) is 31.2 Å². The third-order valence-corrected chi connectivity index (χ3v) is 4.17. The van der Waals surface area contributed by atoms with Crippen molar-refractivity contribution in [2.75, 3.05) is 5.32 Å². The van der Waals surface area contributed by atoms with Crippen LogP contribution in [0.2, 0.25) is 0 Å². The predicted octanol–water partition coefficient (Wildman–Crippen LogP) is 4.40. The highest BCUT2D eigenvalue weighted by Crippen LogP contribution is 2.26. The van der Waals surface area contributed by atoms with Gasteiger partial charge in [0.05, 0.1) is 23.9 Å². The number of carbonyl (C=O) groups is 2. The topological polar surface area (TPSA) is 81.4 Å². The molecular weight excluding hydrogens is 420 g/mol. The second-order valence-electron chi connectivity index (χ2n) is 6.46. The van der Waals surface area contributed by atoms with E-state index in [0.717, 1.165) is 36.5 Å². The van der Waals surface area contributed by atoms with Crippen molar-refractivity contribution in [2.24, 2.45) is 0 Å². The molecule has 162 valence electrons. The fourth-order valence-electron chi connectivity index (χ4n) is 2.62. The van der Waals surface area contributed by atoms with E-state index in [1.807, 2.05) is 0 Å². The Hall–Kier alpha value is -3.69. The van der Waals surface area contributed by atoms with Gasteiger partial charge in [0.2, 0.25) is 0 Å². The van der Waals surface area contributed by atoms with E-state index in [0.29, 0.717) is 0 Å². The Labute approximate surface area is 173 Å². The molecule has 1 N–H and O–H groups in total. The fraction of sp³-hybridized carbons (Fsp3) is 0.190. The second kappa shape index (κ2) is 9.41. The molecule has 1 atom stereocenters. The average molecular weight is 436 g/mol. The molecule has 1 aromatic heterocycles. The maximum atomic E-state index is 13.8. The van der Waals surface area contributed by atoms with Crippen molar-refractivity contribution in [1.29, 1.82) is 0 Å². The number of amides is 1. The van der Waals surface area contributed by atoms with Crippen LogP contribution in [-0.4, -0.2) is 23.0 Å². The van der Waals surface area contributed by atoms with Crippen LogP contribution in [0.3, 0.4) is 0 Å². The Bertz CT molecular complexity index is 1100. The summed E-state index contributed by atoms with van der Waals surface area (Å²) in [4.78, 5) is 27.9. The predicted molar refractivity (Wildman–Crippen MR) is 101 cm³/mol. The largest absolute Gasteiger partial charge is 0.453 e. The first-order valence-electron chi connectivity index (χ1n) is 9.09. The smallest absolute Gasteiger partial charge is 0.307 e. The van der Waals surface area contributed by atoms with Gasteiger partial charge >= 0.3 is 5.97 Å². The van der Waals surface area contributed by atoms with E-state index >= 15 is 0 Å². The molecule has 1 heterocycles. The van der Waals surface area contributed by atoms with E-state index in [4.69, 9.17) is 9.15 Å². The molecule has 3 aromatic rings. The van der Waals surface area contributed by atoms with Gasteiger partial charge in [-0.3, -0.25) is 9.59 Å². The molecule has 0 saturated heterocycles. The number of oxazole rings is 1. The summed E-state index contributed by atoms with van der Waals surface area (Å²) < 4.78 is 64.6. The summed E-state index contributed by atoms with van der Waals surface area (Å²) in [5, 5.41) is 2.13. The summed E-state index contributed by atoms with van der Waals surface area (Å²) in [5.74, 6) is -4.99. The minimum atomic E-state index is -1.29. The number of halogens is 4. The van der Waals surface area contributed by atoms with Gasteiger partial charge in [-0.15, -0.1) is 0 Å². The number of hydrogen-bond donors (Lipinski definition) is 1. The van der Waals surface area contributed by atoms with E-state index in [1.54, 1.807) is 0 Å². The maximum Gasteiger partial charge on any atom is 0.307 e. The lowest BCUT2D eigenvalue weighted by Crippen LogP contribution is -2.30. The molecule has 0 aliphatic heterocycles. The van der Waals surface area contributed by atoms with Crippen molar-refractivity contribution < 1.29 is 36.3 Å². The average Bonchev–Trinajstić information content (AvgIpc) is 3.17. The van der Waals surface area contributed by atoms with Crippen LogP contribution in [0.4, 0.5) is 23.2 Å². The summed E-state index contributed by atoms with van der Waals surface area (Å²) in [5.41, 5.74) is -0.765. The van der Waals surface area contributed by atoms with Gasteiger partial charge < -0.3 is 14.5 Å². The number of esters is 1. The summed E-state index contributed by atoms with van der Waals surface area (Å²) in [6.07, 6.45) is -0.457. The highest BCUT2D eigenvalue weighted by atomic mass is 19.1. The molecule has 10 heteroatoms. The highest BCUT2D eigenvalue weighted by Gasteiger charge is 2.21. The van der Waals surface area contributed by atoms with Gasteiger partial charge in [0.1, 0.15) is 23.3 Å². The number of nitrogens with zero attached hydrogens (tertiary/aromatic N) is 1. The summed E-state index contributed by atoms with van der Waals surface area (Å²) in [7, 11) is 0. The van der Waals surface area contributed by atoms with Crippen LogP contribution in [0.15, 0.2) is 47.0 Å². The van der Waals surface area contributed by atoms with Crippen molar-refractivity contribution in [2.45, 2.75) is 25.9 Å².